The molecule has 0 aliphatic carbocycles. The van der Waals surface area contributed by atoms with Crippen LogP contribution in [0, 0.1) is 5.41 Å². The summed E-state index contributed by atoms with van der Waals surface area (Å²) in [5, 5.41) is 19.9. The van der Waals surface area contributed by atoms with E-state index < -0.39 is 0 Å². The summed E-state index contributed by atoms with van der Waals surface area (Å²) in [5.74, 6) is 0.190. The van der Waals surface area contributed by atoms with Gasteiger partial charge >= 0.3 is 0 Å². The molecule has 2 N–H and O–H groups in total. The first-order valence-corrected chi connectivity index (χ1v) is 7.46. The van der Waals surface area contributed by atoms with E-state index in [4.69, 9.17) is 4.99 Å². The molecule has 3 heteroatoms. The van der Waals surface area contributed by atoms with Crippen molar-refractivity contribution in [3.63, 3.8) is 0 Å². The lowest BCUT2D eigenvalue weighted by Crippen LogP contribution is -2.29. The van der Waals surface area contributed by atoms with Crippen LogP contribution in [0.5, 0.6) is 5.75 Å². The number of rotatable bonds is 4. The number of aliphatic imine (C=N–C) groups is 1. The van der Waals surface area contributed by atoms with Gasteiger partial charge in [0.2, 0.25) is 0 Å². The Morgan fingerprint density at radius 3 is 2.14 bits per heavy atom. The number of nitrogens with zero attached hydrogens (tertiary/aromatic N) is 1. The second-order valence-electron chi connectivity index (χ2n) is 6.43. The number of hydrogen-bond acceptors (Lipinski definition) is 3. The predicted molar refractivity (Wildman–Crippen MR) is 90.5 cm³/mol. The Morgan fingerprint density at radius 1 is 1.00 bits per heavy atom. The number of aliphatic hydroxyl groups is 1. The number of benzene rings is 2. The van der Waals surface area contributed by atoms with E-state index >= 15 is 0 Å². The van der Waals surface area contributed by atoms with Gasteiger partial charge in [0, 0.05) is 11.1 Å². The minimum absolute atomic E-state index is 0.0343. The molecule has 0 radical (unpaired) electrons. The second-order valence-corrected chi connectivity index (χ2v) is 6.43. The van der Waals surface area contributed by atoms with Gasteiger partial charge in [-0.1, -0.05) is 63.2 Å². The molecule has 0 unspecified atom stereocenters. The third kappa shape index (κ3) is 3.74. The molecule has 0 heterocycles. The van der Waals surface area contributed by atoms with Crippen LogP contribution in [-0.4, -0.2) is 28.6 Å². The molecule has 0 saturated carbocycles. The number of aliphatic hydroxyl groups excluding tert-OH is 1. The summed E-state index contributed by atoms with van der Waals surface area (Å²) in [6, 6.07) is 16.7. The summed E-state index contributed by atoms with van der Waals surface area (Å²) in [5.41, 5.74) is 2.13. The molecule has 2 rings (SSSR count). The lowest BCUT2D eigenvalue weighted by atomic mass is 9.87. The SMILES string of the molecule is CC(C)(C)[C@@H](CO)N=C(c1ccccc1)c1ccccc1O. The van der Waals surface area contributed by atoms with E-state index in [1.165, 1.54) is 0 Å². The Kier molecular flexibility index (Phi) is 4.99. The van der Waals surface area contributed by atoms with Crippen molar-refractivity contribution in [2.24, 2.45) is 10.4 Å². The Labute approximate surface area is 132 Å². The Hall–Kier alpha value is -2.13. The van der Waals surface area contributed by atoms with Gasteiger partial charge in [-0.3, -0.25) is 4.99 Å². The van der Waals surface area contributed by atoms with Crippen molar-refractivity contribution in [3.8, 4) is 5.75 Å². The number of para-hydroxylation sites is 1. The van der Waals surface area contributed by atoms with Crippen LogP contribution >= 0.6 is 0 Å². The standard InChI is InChI=1S/C19H23NO2/c1-19(2,3)17(13-21)20-18(14-9-5-4-6-10-14)15-11-7-8-12-16(15)22/h4-12,17,21-22H,13H2,1-3H3/t17-/m1/s1. The molecule has 0 aliphatic heterocycles. The molecule has 0 spiro atoms. The van der Waals surface area contributed by atoms with E-state index in [-0.39, 0.29) is 23.8 Å². The average molecular weight is 297 g/mol. The maximum Gasteiger partial charge on any atom is 0.124 e. The molecule has 0 fully saturated rings. The minimum atomic E-state index is -0.248. The van der Waals surface area contributed by atoms with Crippen molar-refractivity contribution in [2.45, 2.75) is 26.8 Å². The monoisotopic (exact) mass is 297 g/mol. The number of phenolic OH excluding ortho intramolecular Hbond substituents is 1. The number of phenols is 1. The predicted octanol–water partition coefficient (Wildman–Crippen LogP) is 3.64. The van der Waals surface area contributed by atoms with Crippen molar-refractivity contribution >= 4 is 5.71 Å². The first kappa shape index (κ1) is 16.2. The normalized spacial score (nSPS) is 13.9. The topological polar surface area (TPSA) is 52.8 Å². The average Bonchev–Trinajstić information content (AvgIpc) is 2.49. The highest BCUT2D eigenvalue weighted by atomic mass is 16.3. The van der Waals surface area contributed by atoms with E-state index in [0.717, 1.165) is 5.56 Å². The van der Waals surface area contributed by atoms with Crippen molar-refractivity contribution < 1.29 is 10.2 Å². The lowest BCUT2D eigenvalue weighted by molar-refractivity contribution is 0.190. The van der Waals surface area contributed by atoms with Gasteiger partial charge in [0.1, 0.15) is 5.75 Å². The van der Waals surface area contributed by atoms with Gasteiger partial charge in [0.15, 0.2) is 0 Å². The zero-order valence-corrected chi connectivity index (χ0v) is 13.3. The van der Waals surface area contributed by atoms with Gasteiger partial charge in [0.05, 0.1) is 18.4 Å². The first-order valence-electron chi connectivity index (χ1n) is 7.46. The van der Waals surface area contributed by atoms with Crippen LogP contribution in [0.2, 0.25) is 0 Å². The summed E-state index contributed by atoms with van der Waals surface area (Å²) in [6.45, 7) is 6.11. The van der Waals surface area contributed by atoms with Crippen molar-refractivity contribution in [1.82, 2.24) is 0 Å². The van der Waals surface area contributed by atoms with Crippen LogP contribution in [0.25, 0.3) is 0 Å². The van der Waals surface area contributed by atoms with E-state index in [1.807, 2.05) is 63.2 Å². The molecule has 0 aromatic heterocycles. The zero-order chi connectivity index (χ0) is 16.2. The molecule has 116 valence electrons. The summed E-state index contributed by atoms with van der Waals surface area (Å²) >= 11 is 0. The number of hydrogen-bond donors (Lipinski definition) is 2. The zero-order valence-electron chi connectivity index (χ0n) is 13.3. The highest BCUT2D eigenvalue weighted by molar-refractivity contribution is 6.14. The van der Waals surface area contributed by atoms with Gasteiger partial charge in [-0.05, 0) is 17.5 Å². The highest BCUT2D eigenvalue weighted by Gasteiger charge is 2.25. The first-order chi connectivity index (χ1) is 10.4. The van der Waals surface area contributed by atoms with Crippen LogP contribution in [0.15, 0.2) is 59.6 Å². The van der Waals surface area contributed by atoms with Gasteiger partial charge in [-0.2, -0.15) is 0 Å². The molecule has 1 atom stereocenters. The highest BCUT2D eigenvalue weighted by Crippen LogP contribution is 2.26. The Morgan fingerprint density at radius 2 is 1.59 bits per heavy atom. The quantitative estimate of drug-likeness (QED) is 0.847. The molecule has 0 saturated heterocycles. The van der Waals surface area contributed by atoms with Crippen molar-refractivity contribution in [2.75, 3.05) is 6.61 Å². The molecular weight excluding hydrogens is 274 g/mol. The van der Waals surface area contributed by atoms with Crippen LogP contribution in [-0.2, 0) is 0 Å². The molecular formula is C19H23NO2. The third-order valence-electron chi connectivity index (χ3n) is 3.66. The molecule has 0 bridgehead atoms. The van der Waals surface area contributed by atoms with E-state index in [0.29, 0.717) is 11.3 Å². The minimum Gasteiger partial charge on any atom is -0.507 e. The lowest BCUT2D eigenvalue weighted by Gasteiger charge is -2.26. The molecule has 0 aliphatic rings. The summed E-state index contributed by atoms with van der Waals surface area (Å²) in [7, 11) is 0. The van der Waals surface area contributed by atoms with Crippen LogP contribution < -0.4 is 0 Å². The second kappa shape index (κ2) is 6.75. The molecule has 3 nitrogen and oxygen atoms in total. The third-order valence-corrected chi connectivity index (χ3v) is 3.66. The fourth-order valence-electron chi connectivity index (χ4n) is 2.23. The van der Waals surface area contributed by atoms with Gasteiger partial charge in [-0.15, -0.1) is 0 Å². The van der Waals surface area contributed by atoms with E-state index in [2.05, 4.69) is 0 Å². The molecule has 0 amide bonds. The van der Waals surface area contributed by atoms with Crippen LogP contribution in [0.1, 0.15) is 31.9 Å². The van der Waals surface area contributed by atoms with Crippen LogP contribution in [0.3, 0.4) is 0 Å². The largest absolute Gasteiger partial charge is 0.507 e. The van der Waals surface area contributed by atoms with E-state index in [9.17, 15) is 10.2 Å². The molecule has 22 heavy (non-hydrogen) atoms. The van der Waals surface area contributed by atoms with Gasteiger partial charge < -0.3 is 10.2 Å². The van der Waals surface area contributed by atoms with Crippen molar-refractivity contribution in [1.29, 1.82) is 0 Å². The smallest absolute Gasteiger partial charge is 0.124 e. The fraction of sp³-hybridized carbons (Fsp3) is 0.316. The van der Waals surface area contributed by atoms with Crippen LogP contribution in [0.4, 0.5) is 0 Å². The molecule has 2 aromatic carbocycles. The summed E-state index contributed by atoms with van der Waals surface area (Å²) < 4.78 is 0. The van der Waals surface area contributed by atoms with Gasteiger partial charge in [0.25, 0.3) is 0 Å². The van der Waals surface area contributed by atoms with E-state index in [1.54, 1.807) is 12.1 Å². The Balaban J connectivity index is 2.59. The summed E-state index contributed by atoms with van der Waals surface area (Å²) in [4.78, 5) is 4.77. The maximum absolute atomic E-state index is 10.2. The number of aromatic hydroxyl groups is 1. The molecule has 2 aromatic rings. The Bertz CT molecular complexity index is 642. The van der Waals surface area contributed by atoms with Crippen molar-refractivity contribution in [3.05, 3.63) is 65.7 Å². The maximum atomic E-state index is 10.2. The fourth-order valence-corrected chi connectivity index (χ4v) is 2.23. The summed E-state index contributed by atoms with van der Waals surface area (Å²) in [6.07, 6.45) is 0. The van der Waals surface area contributed by atoms with Gasteiger partial charge in [-0.25, -0.2) is 0 Å².